The zero-order valence-electron chi connectivity index (χ0n) is 15.3. The van der Waals surface area contributed by atoms with Crippen molar-refractivity contribution >= 4 is 30.7 Å². The monoisotopic (exact) mass is 382 g/mol. The van der Waals surface area contributed by atoms with Gasteiger partial charge in [0, 0.05) is 32.7 Å². The van der Waals surface area contributed by atoms with E-state index in [2.05, 4.69) is 19.6 Å². The van der Waals surface area contributed by atoms with Crippen LogP contribution in [0.1, 0.15) is 31.5 Å². The molecule has 1 heterocycles. The summed E-state index contributed by atoms with van der Waals surface area (Å²) in [4.78, 5) is 4.71. The van der Waals surface area contributed by atoms with Crippen molar-refractivity contribution in [2.45, 2.75) is 63.7 Å². The van der Waals surface area contributed by atoms with Gasteiger partial charge >= 0.3 is 0 Å². The number of hydrogen-bond acceptors (Lipinski definition) is 4. The van der Waals surface area contributed by atoms with E-state index in [9.17, 15) is 10.2 Å². The van der Waals surface area contributed by atoms with Gasteiger partial charge in [-0.2, -0.15) is 0 Å². The van der Waals surface area contributed by atoms with Gasteiger partial charge in [0.25, 0.3) is 0 Å². The van der Waals surface area contributed by atoms with Gasteiger partial charge in [-0.1, -0.05) is 31.2 Å². The maximum absolute atomic E-state index is 10.1. The van der Waals surface area contributed by atoms with E-state index in [1.165, 1.54) is 6.07 Å². The van der Waals surface area contributed by atoms with Crippen LogP contribution in [0.5, 0.6) is 5.75 Å². The Kier molecular flexibility index (Phi) is 4.92. The fourth-order valence-corrected chi connectivity index (χ4v) is 4.36. The van der Waals surface area contributed by atoms with E-state index >= 15 is 0 Å². The maximum atomic E-state index is 10.1. The van der Waals surface area contributed by atoms with E-state index in [1.54, 1.807) is 6.07 Å². The Balaban J connectivity index is 1.87. The number of nitrogens with zero attached hydrogens (tertiary/aromatic N) is 2. The Hall–Kier alpha value is -1.08. The third kappa shape index (κ3) is 4.19. The topological polar surface area (TPSA) is 67.5 Å². The Bertz CT molecular complexity index is 775. The predicted molar refractivity (Wildman–Crippen MR) is 103 cm³/mol. The molecule has 3 rings (SSSR count). The molecule has 1 saturated carbocycles. The first-order valence-electron chi connectivity index (χ1n) is 8.74. The molecule has 2 aromatic rings. The molecule has 1 aromatic heterocycles. The molecule has 25 heavy (non-hydrogen) atoms. The predicted octanol–water partition coefficient (Wildman–Crippen LogP) is 4.34. The number of benzene rings is 1. The van der Waals surface area contributed by atoms with E-state index in [0.717, 1.165) is 17.4 Å². The van der Waals surface area contributed by atoms with Crippen molar-refractivity contribution in [3.63, 3.8) is 0 Å². The molecule has 2 N–H and O–H groups in total. The number of halogens is 1. The molecule has 1 aromatic carbocycles. The van der Waals surface area contributed by atoms with Crippen LogP contribution in [0.4, 0.5) is 0 Å². The van der Waals surface area contributed by atoms with Gasteiger partial charge in [0.2, 0.25) is 0 Å². The fourth-order valence-electron chi connectivity index (χ4n) is 3.35. The molecule has 1 fully saturated rings. The molecule has 1 aliphatic rings. The Morgan fingerprint density at radius 3 is 2.64 bits per heavy atom. The molecule has 0 amide bonds. The highest BCUT2D eigenvalue weighted by Crippen LogP contribution is 2.45. The van der Waals surface area contributed by atoms with Crippen molar-refractivity contribution in [3.05, 3.63) is 23.0 Å². The standard InChI is InChI=1S/C18H27ClN2O3Si/c1-18(23)9-12(10-18)17-20-16-14(19)7-13(22)8-15(16)21(17)11-24-5-6-25(2,3)4/h7-8,12,22-23H,5-6,9-11H2,1-4H3. The molecular weight excluding hydrogens is 356 g/mol. The molecule has 7 heteroatoms. The van der Waals surface area contributed by atoms with Crippen LogP contribution in [0.25, 0.3) is 11.0 Å². The number of aromatic hydroxyl groups is 1. The summed E-state index contributed by atoms with van der Waals surface area (Å²) in [6.45, 7) is 9.91. The first kappa shape index (κ1) is 18.7. The van der Waals surface area contributed by atoms with Gasteiger partial charge in [-0.3, -0.25) is 0 Å². The largest absolute Gasteiger partial charge is 0.508 e. The lowest BCUT2D eigenvalue weighted by Crippen LogP contribution is -2.40. The van der Waals surface area contributed by atoms with E-state index in [0.29, 0.717) is 36.7 Å². The second-order valence-electron chi connectivity index (χ2n) is 8.64. The van der Waals surface area contributed by atoms with Gasteiger partial charge < -0.3 is 19.5 Å². The van der Waals surface area contributed by atoms with E-state index in [4.69, 9.17) is 21.3 Å². The van der Waals surface area contributed by atoms with E-state index < -0.39 is 13.7 Å². The summed E-state index contributed by atoms with van der Waals surface area (Å²) in [7, 11) is -1.15. The normalized spacial score (nSPS) is 23.8. The van der Waals surface area contributed by atoms with Gasteiger partial charge in [-0.15, -0.1) is 0 Å². The summed E-state index contributed by atoms with van der Waals surface area (Å²) >= 11 is 6.27. The molecule has 0 spiro atoms. The summed E-state index contributed by atoms with van der Waals surface area (Å²) in [5, 5.41) is 20.4. The number of aromatic nitrogens is 2. The van der Waals surface area contributed by atoms with Crippen molar-refractivity contribution in [2.75, 3.05) is 6.61 Å². The minimum Gasteiger partial charge on any atom is -0.508 e. The van der Waals surface area contributed by atoms with Crippen molar-refractivity contribution in [1.82, 2.24) is 9.55 Å². The average molecular weight is 383 g/mol. The highest BCUT2D eigenvalue weighted by Gasteiger charge is 2.41. The molecule has 0 bridgehead atoms. The van der Waals surface area contributed by atoms with Crippen molar-refractivity contribution in [2.24, 2.45) is 0 Å². The molecule has 0 atom stereocenters. The third-order valence-electron chi connectivity index (χ3n) is 4.78. The molecule has 0 saturated heterocycles. The third-order valence-corrected chi connectivity index (χ3v) is 6.77. The molecule has 0 radical (unpaired) electrons. The Labute approximate surface area is 154 Å². The van der Waals surface area contributed by atoms with Gasteiger partial charge in [0.05, 0.1) is 16.1 Å². The fraction of sp³-hybridized carbons (Fsp3) is 0.611. The van der Waals surface area contributed by atoms with Crippen LogP contribution in [-0.4, -0.2) is 40.0 Å². The minimum absolute atomic E-state index is 0.118. The summed E-state index contributed by atoms with van der Waals surface area (Å²) in [6, 6.07) is 4.28. The summed E-state index contributed by atoms with van der Waals surface area (Å²) in [5.74, 6) is 1.18. The Morgan fingerprint density at radius 1 is 1.36 bits per heavy atom. The second-order valence-corrected chi connectivity index (χ2v) is 14.7. The van der Waals surface area contributed by atoms with Gasteiger partial charge in [0.15, 0.2) is 0 Å². The lowest BCUT2D eigenvalue weighted by molar-refractivity contribution is -0.0357. The number of rotatable bonds is 6. The van der Waals surface area contributed by atoms with Gasteiger partial charge in [-0.05, 0) is 25.8 Å². The maximum Gasteiger partial charge on any atom is 0.124 e. The first-order chi connectivity index (χ1) is 11.6. The lowest BCUT2D eigenvalue weighted by Gasteiger charge is -2.40. The van der Waals surface area contributed by atoms with E-state index in [-0.39, 0.29) is 11.7 Å². The number of phenolic OH excluding ortho intramolecular Hbond substituents is 1. The Morgan fingerprint density at radius 2 is 2.04 bits per heavy atom. The minimum atomic E-state index is -1.15. The molecular formula is C18H27ClN2O3Si. The number of phenols is 1. The summed E-state index contributed by atoms with van der Waals surface area (Å²) < 4.78 is 7.91. The quantitative estimate of drug-likeness (QED) is 0.576. The summed E-state index contributed by atoms with van der Waals surface area (Å²) in [5.41, 5.74) is 0.826. The second kappa shape index (κ2) is 6.58. The zero-order chi connectivity index (χ0) is 18.4. The number of imidazole rings is 1. The van der Waals surface area contributed by atoms with Crippen LogP contribution in [0.3, 0.4) is 0 Å². The van der Waals surface area contributed by atoms with Crippen LogP contribution in [0, 0.1) is 0 Å². The smallest absolute Gasteiger partial charge is 0.124 e. The highest BCUT2D eigenvalue weighted by molar-refractivity contribution is 6.76. The molecule has 1 aliphatic carbocycles. The first-order valence-corrected chi connectivity index (χ1v) is 12.8. The lowest BCUT2D eigenvalue weighted by atomic mass is 9.72. The average Bonchev–Trinajstić information content (AvgIpc) is 2.78. The summed E-state index contributed by atoms with van der Waals surface area (Å²) in [6.07, 6.45) is 1.35. The van der Waals surface area contributed by atoms with Crippen LogP contribution in [0.2, 0.25) is 30.7 Å². The SMILES string of the molecule is CC1(O)CC(c2nc3c(Cl)cc(O)cc3n2COCC[Si](C)(C)C)C1. The van der Waals surface area contributed by atoms with Crippen LogP contribution in [-0.2, 0) is 11.5 Å². The van der Waals surface area contributed by atoms with Crippen molar-refractivity contribution in [1.29, 1.82) is 0 Å². The van der Waals surface area contributed by atoms with Gasteiger partial charge in [-0.25, -0.2) is 4.98 Å². The number of hydrogen-bond donors (Lipinski definition) is 2. The number of ether oxygens (including phenoxy) is 1. The van der Waals surface area contributed by atoms with Crippen molar-refractivity contribution < 1.29 is 14.9 Å². The number of fused-ring (bicyclic) bond motifs is 1. The number of aliphatic hydroxyl groups is 1. The zero-order valence-corrected chi connectivity index (χ0v) is 17.1. The van der Waals surface area contributed by atoms with Crippen LogP contribution in [0.15, 0.2) is 12.1 Å². The van der Waals surface area contributed by atoms with E-state index in [1.807, 2.05) is 11.5 Å². The highest BCUT2D eigenvalue weighted by atomic mass is 35.5. The molecule has 5 nitrogen and oxygen atoms in total. The van der Waals surface area contributed by atoms with Gasteiger partial charge in [0.1, 0.15) is 23.8 Å². The molecule has 0 unspecified atom stereocenters. The van der Waals surface area contributed by atoms with Crippen LogP contribution >= 0.6 is 11.6 Å². The van der Waals surface area contributed by atoms with Crippen LogP contribution < -0.4 is 0 Å². The molecule has 138 valence electrons. The van der Waals surface area contributed by atoms with Crippen molar-refractivity contribution in [3.8, 4) is 5.75 Å². The molecule has 0 aliphatic heterocycles.